The molecular weight excluding hydrogens is 1650 g/mol. The number of aromatic nitrogens is 4. The van der Waals surface area contributed by atoms with Gasteiger partial charge in [-0.05, 0) is 221 Å². The Kier molecular flexibility index (Phi) is 22.8. The van der Waals surface area contributed by atoms with E-state index in [9.17, 15) is 54.4 Å². The third kappa shape index (κ3) is 16.8. The lowest BCUT2D eigenvalue weighted by molar-refractivity contribution is -0.124. The van der Waals surface area contributed by atoms with Gasteiger partial charge in [-0.15, -0.1) is 0 Å². The summed E-state index contributed by atoms with van der Waals surface area (Å²) < 4.78 is 90.3. The molecule has 127 heavy (non-hydrogen) atoms. The Bertz CT molecular complexity index is 6570. The van der Waals surface area contributed by atoms with Gasteiger partial charge in [0, 0.05) is 236 Å². The molecule has 3 amide bonds. The van der Waals surface area contributed by atoms with Gasteiger partial charge >= 0.3 is 6.03 Å². The molecule has 3 N–H and O–H groups in total. The summed E-state index contributed by atoms with van der Waals surface area (Å²) >= 11 is 0. The zero-order valence-electron chi connectivity index (χ0n) is 73.4. The Balaban J connectivity index is 0.000000115. The number of piperidine rings is 4. The van der Waals surface area contributed by atoms with Gasteiger partial charge in [0.1, 0.15) is 0 Å². The molecule has 9 heterocycles. The number of aryl methyl sites for hydroxylation is 4. The Morgan fingerprint density at radius 1 is 0.386 bits per heavy atom. The first kappa shape index (κ1) is 86.3. The number of amides is 3. The third-order valence-corrected chi connectivity index (χ3v) is 32.6. The van der Waals surface area contributed by atoms with Crippen LogP contribution in [-0.2, 0) is 83.1 Å². The molecule has 7 aliphatic carbocycles. The van der Waals surface area contributed by atoms with Gasteiger partial charge in [0.2, 0.25) is 5.91 Å². The molecule has 5 aromatic carbocycles. The molecule has 0 atom stereocenters. The fourth-order valence-electron chi connectivity index (χ4n) is 20.6. The average Bonchev–Trinajstić information content (AvgIpc) is 1.55. The molecule has 12 aliphatic rings. The van der Waals surface area contributed by atoms with Crippen LogP contribution in [0, 0.1) is 21.7 Å². The first-order valence-electron chi connectivity index (χ1n) is 44.8. The number of carbonyl (C=O) groups is 2. The second-order valence-electron chi connectivity index (χ2n) is 37.2. The Morgan fingerprint density at radius 2 is 0.693 bits per heavy atom. The van der Waals surface area contributed by atoms with Crippen LogP contribution in [0.4, 0.5) is 53.4 Å². The molecule has 22 nitrogen and oxygen atoms in total. The van der Waals surface area contributed by atoms with Crippen molar-refractivity contribution in [2.75, 3.05) is 113 Å². The quantitative estimate of drug-likeness (QED) is 0.0863. The number of hydrogen-bond acceptors (Lipinski definition) is 15. The van der Waals surface area contributed by atoms with Crippen molar-refractivity contribution >= 4 is 95.7 Å². The zero-order valence-corrected chi connectivity index (χ0v) is 75.0. The van der Waals surface area contributed by atoms with Crippen molar-refractivity contribution in [2.45, 2.75) is 146 Å². The maximum Gasteiger partial charge on any atom is 0.323 e. The monoisotopic (exact) mass is 1760 g/mol. The number of halogens is 2. The highest BCUT2D eigenvalue weighted by Gasteiger charge is 2.70. The first-order valence-corrected chi connectivity index (χ1v) is 48.2. The van der Waals surface area contributed by atoms with E-state index in [0.717, 1.165) is 189 Å². The number of nitrogens with zero attached hydrogens (tertiary/aromatic N) is 8. The van der Waals surface area contributed by atoms with Crippen molar-refractivity contribution < 1.29 is 39.9 Å². The van der Waals surface area contributed by atoms with E-state index in [-0.39, 0.29) is 57.0 Å². The molecule has 3 saturated carbocycles. The summed E-state index contributed by atoms with van der Waals surface area (Å²) in [6.45, 7) is 13.6. The maximum atomic E-state index is 13.9. The van der Waals surface area contributed by atoms with Crippen molar-refractivity contribution in [3.05, 3.63) is 238 Å². The first-order chi connectivity index (χ1) is 60.9. The van der Waals surface area contributed by atoms with E-state index < -0.39 is 31.0 Å². The van der Waals surface area contributed by atoms with Crippen LogP contribution in [0.15, 0.2) is 181 Å². The van der Waals surface area contributed by atoms with Crippen molar-refractivity contribution in [3.63, 3.8) is 0 Å². The van der Waals surface area contributed by atoms with E-state index in [1.165, 1.54) is 62.9 Å². The highest BCUT2D eigenvalue weighted by Crippen LogP contribution is 2.66. The third-order valence-electron chi connectivity index (χ3n) is 29.2. The number of hydrogen-bond donors (Lipinski definition) is 3. The number of anilines is 7. The SMILES string of the molecule is CC(=O)Nc1ccc(N2CCC3(CC2)COC3)c(-c2cn(C)c(=O)c3c2C=CC3)c1.CCS(=O)(=O)c1ccc(N2CCC3(CC2)CC3(F)F)c(-c2cn(C)c(=O)c3c2C=CC3)c1.CCS(=O)(=O)c1ccc(N2CCC3(CC2)CC3)c(-c2cn(C)c(=O)c3c2C=CC3)c1.Cn1cc(-c2cc(NC(=O)Nc3ccccc3)ccc2N2CCC3(CC2)CC3)c2c(c1=O)CC=C2. The van der Waals surface area contributed by atoms with Crippen LogP contribution in [0.3, 0.4) is 0 Å². The summed E-state index contributed by atoms with van der Waals surface area (Å²) in [5.41, 5.74) is 21.6. The van der Waals surface area contributed by atoms with E-state index in [0.29, 0.717) is 78.3 Å². The second kappa shape index (κ2) is 33.6. The standard InChI is InChI=1S/C29H30N4O2.C24H26F2N2O3S.C24H27N3O3.C24H28N2O3S/c1-32-19-25(22-8-5-9-23(22)27(32)34)24-18-21(31-28(35)30-20-6-3-2-4-7-20)10-11-26(24)33-16-14-29(12-13-29)15-17-33;1-3-32(30,31)16-7-8-21(28-11-9-23(10-12-28)15-24(23,25)26)19(13-16)20-14-27(2)22(29)18-6-4-5-17(18)20;1-16(28)25-17-6-7-22(27-10-8-24(9-11-27)14-30-15-24)20(12-17)21-13-26(2)23(29)19-5-3-4-18(19)21;1-3-30(28,29)17-7-8-22(26-13-11-24(9-10-24)12-14-26)20(15-17)21-16-25(2)23(27)19-6-4-5-18(19)21/h2-8,10-11,18-19H,9,12-17H2,1H3,(H2,30,31,35);4-5,7-8,13-14H,3,6,9-12,15H2,1-2H3;3-4,6-7,12-13H,5,8-11,14-15H2,1-2H3,(H,25,28);4-5,7-8,15-16H,3,6,9-14H2,1-2H3. The van der Waals surface area contributed by atoms with Gasteiger partial charge in [-0.25, -0.2) is 30.4 Å². The fourth-order valence-corrected chi connectivity index (χ4v) is 22.4. The van der Waals surface area contributed by atoms with E-state index >= 15 is 0 Å². The van der Waals surface area contributed by atoms with Crippen LogP contribution in [0.5, 0.6) is 0 Å². The van der Waals surface area contributed by atoms with Crippen LogP contribution in [0.25, 0.3) is 68.8 Å². The molecule has 0 bridgehead atoms. The predicted octanol–water partition coefficient (Wildman–Crippen LogP) is 16.7. The molecular formula is C101H111F2N11O11S2. The van der Waals surface area contributed by atoms with Gasteiger partial charge in [-0.3, -0.25) is 24.0 Å². The fraction of sp³-hybridized carbons (Fsp3) is 0.406. The van der Waals surface area contributed by atoms with Crippen LogP contribution in [-0.4, -0.2) is 130 Å². The van der Waals surface area contributed by atoms with Crippen LogP contribution in [0.1, 0.15) is 149 Å². The van der Waals surface area contributed by atoms with Gasteiger partial charge in [0.15, 0.2) is 19.7 Å². The maximum absolute atomic E-state index is 13.9. The van der Waals surface area contributed by atoms with Crippen LogP contribution < -0.4 is 57.8 Å². The lowest BCUT2D eigenvalue weighted by Gasteiger charge is -2.48. The number of pyridine rings is 4. The number of para-hydroxylation sites is 1. The molecule has 5 saturated heterocycles. The molecule has 662 valence electrons. The van der Waals surface area contributed by atoms with Crippen LogP contribution >= 0.6 is 0 Å². The Labute approximate surface area is 740 Å². The minimum atomic E-state index is -3.44. The van der Waals surface area contributed by atoms with Crippen molar-refractivity contribution in [1.82, 2.24) is 18.3 Å². The summed E-state index contributed by atoms with van der Waals surface area (Å²) in [6.07, 6.45) is 39.4. The zero-order chi connectivity index (χ0) is 88.9. The van der Waals surface area contributed by atoms with E-state index in [1.54, 1.807) is 72.1 Å². The van der Waals surface area contributed by atoms with E-state index in [1.807, 2.05) is 130 Å². The molecule has 9 aromatic rings. The van der Waals surface area contributed by atoms with Gasteiger partial charge in [0.25, 0.3) is 28.2 Å². The summed E-state index contributed by atoms with van der Waals surface area (Å²) in [6, 6.07) is 32.0. The molecule has 4 aromatic heterocycles. The van der Waals surface area contributed by atoms with Crippen LogP contribution in [0.2, 0.25) is 0 Å². The number of allylic oxidation sites excluding steroid dienone is 4. The van der Waals surface area contributed by atoms with E-state index in [2.05, 4.69) is 65.9 Å². The molecule has 8 fully saturated rings. The van der Waals surface area contributed by atoms with Gasteiger partial charge in [-0.1, -0.05) is 80.7 Å². The molecule has 0 radical (unpaired) electrons. The highest BCUT2D eigenvalue weighted by atomic mass is 32.2. The number of rotatable bonds is 15. The summed E-state index contributed by atoms with van der Waals surface area (Å²) in [4.78, 5) is 84.8. The van der Waals surface area contributed by atoms with Crippen molar-refractivity contribution in [2.24, 2.45) is 49.9 Å². The number of nitrogens with one attached hydrogen (secondary N) is 3. The lowest BCUT2D eigenvalue weighted by Crippen LogP contribution is -2.51. The van der Waals surface area contributed by atoms with E-state index in [4.69, 9.17) is 4.74 Å². The van der Waals surface area contributed by atoms with Gasteiger partial charge in [-0.2, -0.15) is 0 Å². The Morgan fingerprint density at radius 3 is 1.00 bits per heavy atom. The summed E-state index contributed by atoms with van der Waals surface area (Å²) in [5, 5.41) is 8.79. The molecule has 21 rings (SSSR count). The number of benzene rings is 5. The number of sulfone groups is 2. The minimum Gasteiger partial charge on any atom is -0.380 e. The van der Waals surface area contributed by atoms with Gasteiger partial charge in [0.05, 0.1) is 34.5 Å². The Hall–Kier alpha value is -11.5. The van der Waals surface area contributed by atoms with Crippen molar-refractivity contribution in [1.29, 1.82) is 0 Å². The number of ether oxygens (including phenoxy) is 1. The number of alkyl halides is 2. The number of carbonyl (C=O) groups excluding carboxylic acids is 2. The molecule has 4 spiro atoms. The largest absolute Gasteiger partial charge is 0.380 e. The topological polar surface area (TPSA) is 249 Å². The lowest BCUT2D eigenvalue weighted by atomic mass is 9.76. The average molecular weight is 1760 g/mol. The number of fused-ring (bicyclic) bond motifs is 4. The summed E-state index contributed by atoms with van der Waals surface area (Å²) in [5.74, 6) is -2.60. The molecule has 0 unspecified atom stereocenters. The van der Waals surface area contributed by atoms with Gasteiger partial charge < -0.3 is 58.6 Å². The minimum absolute atomic E-state index is 0.0155. The molecule has 5 aliphatic heterocycles. The van der Waals surface area contributed by atoms with Crippen molar-refractivity contribution in [3.8, 4) is 44.5 Å². The number of urea groups is 1. The smallest absolute Gasteiger partial charge is 0.323 e. The summed E-state index contributed by atoms with van der Waals surface area (Å²) in [7, 11) is 0.330. The molecule has 26 heteroatoms. The second-order valence-corrected chi connectivity index (χ2v) is 41.7. The predicted molar refractivity (Wildman–Crippen MR) is 503 cm³/mol. The highest BCUT2D eigenvalue weighted by molar-refractivity contribution is 7.91. The normalized spacial score (nSPS) is 19.0.